The Kier molecular flexibility index (Phi) is 2.94. The highest BCUT2D eigenvalue weighted by atomic mass is 19.4. The third-order valence-corrected chi connectivity index (χ3v) is 1.26. The minimum Gasteiger partial charge on any atom is -0.166 e. The Morgan fingerprint density at radius 1 is 1.30 bits per heavy atom. The first-order valence-corrected chi connectivity index (χ1v) is 3.13. The summed E-state index contributed by atoms with van der Waals surface area (Å²) in [6, 6.07) is 0. The normalized spacial score (nSPS) is 14.5. The van der Waals surface area contributed by atoms with E-state index in [9.17, 15) is 13.2 Å². The van der Waals surface area contributed by atoms with E-state index in [0.29, 0.717) is 0 Å². The Balaban J connectivity index is 4.40. The molecule has 0 radical (unpaired) electrons. The van der Waals surface area contributed by atoms with Crippen LogP contribution in [0, 0.1) is 5.92 Å². The molecule has 0 spiro atoms. The average molecular weight is 152 g/mol. The number of rotatable bonds is 1. The van der Waals surface area contributed by atoms with Crippen LogP contribution >= 0.6 is 0 Å². The molecule has 60 valence electrons. The van der Waals surface area contributed by atoms with Crippen molar-refractivity contribution in [3.63, 3.8) is 0 Å². The van der Waals surface area contributed by atoms with Crippen LogP contribution in [0.25, 0.3) is 0 Å². The third kappa shape index (κ3) is 2.42. The van der Waals surface area contributed by atoms with Gasteiger partial charge in [0.15, 0.2) is 0 Å². The van der Waals surface area contributed by atoms with Gasteiger partial charge in [-0.15, -0.1) is 0 Å². The second-order valence-electron chi connectivity index (χ2n) is 2.40. The van der Waals surface area contributed by atoms with Crippen molar-refractivity contribution in [2.24, 2.45) is 5.92 Å². The van der Waals surface area contributed by atoms with Crippen LogP contribution in [-0.4, -0.2) is 6.18 Å². The SMILES string of the molecule is CC=C(C(C)C)C(F)(F)F. The van der Waals surface area contributed by atoms with Gasteiger partial charge >= 0.3 is 6.18 Å². The molecule has 0 N–H and O–H groups in total. The van der Waals surface area contributed by atoms with E-state index in [1.807, 2.05) is 0 Å². The van der Waals surface area contributed by atoms with Crippen LogP contribution in [-0.2, 0) is 0 Å². The molecule has 0 fully saturated rings. The Bertz CT molecular complexity index is 130. The maximum Gasteiger partial charge on any atom is 0.412 e. The molecule has 0 unspecified atom stereocenters. The lowest BCUT2D eigenvalue weighted by molar-refractivity contribution is -0.0977. The van der Waals surface area contributed by atoms with E-state index in [0.717, 1.165) is 6.08 Å². The van der Waals surface area contributed by atoms with Crippen molar-refractivity contribution in [3.8, 4) is 0 Å². The van der Waals surface area contributed by atoms with Gasteiger partial charge in [0.05, 0.1) is 0 Å². The average Bonchev–Trinajstić information content (AvgIpc) is 1.60. The van der Waals surface area contributed by atoms with Gasteiger partial charge in [-0.2, -0.15) is 13.2 Å². The van der Waals surface area contributed by atoms with Crippen LogP contribution < -0.4 is 0 Å². The van der Waals surface area contributed by atoms with Crippen LogP contribution in [0.4, 0.5) is 13.2 Å². The van der Waals surface area contributed by atoms with Gasteiger partial charge in [-0.05, 0) is 12.8 Å². The number of halogens is 3. The van der Waals surface area contributed by atoms with Gasteiger partial charge in [0.25, 0.3) is 0 Å². The molecular weight excluding hydrogens is 141 g/mol. The molecule has 0 aromatic heterocycles. The molecule has 0 bridgehead atoms. The van der Waals surface area contributed by atoms with Crippen molar-refractivity contribution in [2.45, 2.75) is 26.9 Å². The highest BCUT2D eigenvalue weighted by molar-refractivity contribution is 5.09. The topological polar surface area (TPSA) is 0 Å². The predicted octanol–water partition coefficient (Wildman–Crippen LogP) is 3.15. The van der Waals surface area contributed by atoms with Crippen molar-refractivity contribution in [3.05, 3.63) is 11.6 Å². The van der Waals surface area contributed by atoms with Crippen molar-refractivity contribution < 1.29 is 13.2 Å². The zero-order valence-electron chi connectivity index (χ0n) is 6.29. The van der Waals surface area contributed by atoms with Gasteiger partial charge in [-0.25, -0.2) is 0 Å². The fraction of sp³-hybridized carbons (Fsp3) is 0.714. The van der Waals surface area contributed by atoms with Crippen LogP contribution in [0.1, 0.15) is 20.8 Å². The summed E-state index contributed by atoms with van der Waals surface area (Å²) in [5, 5.41) is 0. The molecule has 0 amide bonds. The lowest BCUT2D eigenvalue weighted by Gasteiger charge is -2.13. The van der Waals surface area contributed by atoms with E-state index in [1.165, 1.54) is 20.8 Å². The first-order valence-electron chi connectivity index (χ1n) is 3.13. The summed E-state index contributed by atoms with van der Waals surface area (Å²) in [6.07, 6.45) is -3.03. The summed E-state index contributed by atoms with van der Waals surface area (Å²) in [4.78, 5) is 0. The van der Waals surface area contributed by atoms with Gasteiger partial charge in [0, 0.05) is 5.57 Å². The van der Waals surface area contributed by atoms with E-state index >= 15 is 0 Å². The molecule has 0 heterocycles. The highest BCUT2D eigenvalue weighted by Crippen LogP contribution is 2.30. The summed E-state index contributed by atoms with van der Waals surface area (Å²) in [5.74, 6) is -0.440. The smallest absolute Gasteiger partial charge is 0.166 e. The van der Waals surface area contributed by atoms with E-state index in [1.54, 1.807) is 0 Å². The molecule has 0 aromatic carbocycles. The summed E-state index contributed by atoms with van der Waals surface area (Å²) in [7, 11) is 0. The van der Waals surface area contributed by atoms with E-state index < -0.39 is 17.7 Å². The lowest BCUT2D eigenvalue weighted by atomic mass is 10.0. The molecule has 0 rings (SSSR count). The van der Waals surface area contributed by atoms with Crippen LogP contribution in [0.2, 0.25) is 0 Å². The molecule has 0 atom stereocenters. The molecule has 0 saturated heterocycles. The quantitative estimate of drug-likeness (QED) is 0.506. The first kappa shape index (κ1) is 9.53. The Labute approximate surface area is 58.7 Å². The van der Waals surface area contributed by atoms with Crippen molar-refractivity contribution in [1.82, 2.24) is 0 Å². The predicted molar refractivity (Wildman–Crippen MR) is 34.6 cm³/mol. The molecule has 0 aliphatic carbocycles. The van der Waals surface area contributed by atoms with Gasteiger partial charge in [0.2, 0.25) is 0 Å². The number of allylic oxidation sites excluding steroid dienone is 2. The van der Waals surface area contributed by atoms with Gasteiger partial charge in [0.1, 0.15) is 0 Å². The summed E-state index contributed by atoms with van der Waals surface area (Å²) in [5.41, 5.74) is -0.451. The number of hydrogen-bond acceptors (Lipinski definition) is 0. The fourth-order valence-electron chi connectivity index (χ4n) is 0.824. The molecule has 0 aliphatic heterocycles. The van der Waals surface area contributed by atoms with Crippen LogP contribution in [0.15, 0.2) is 11.6 Å². The van der Waals surface area contributed by atoms with E-state index in [4.69, 9.17) is 0 Å². The van der Waals surface area contributed by atoms with Gasteiger partial charge < -0.3 is 0 Å². The van der Waals surface area contributed by atoms with Crippen molar-refractivity contribution in [2.75, 3.05) is 0 Å². The zero-order valence-corrected chi connectivity index (χ0v) is 6.29. The largest absolute Gasteiger partial charge is 0.412 e. The highest BCUT2D eigenvalue weighted by Gasteiger charge is 2.34. The molecule has 0 nitrogen and oxygen atoms in total. The Morgan fingerprint density at radius 2 is 1.70 bits per heavy atom. The van der Waals surface area contributed by atoms with Gasteiger partial charge in [-0.3, -0.25) is 0 Å². The minimum atomic E-state index is -4.15. The monoisotopic (exact) mass is 152 g/mol. The van der Waals surface area contributed by atoms with Crippen molar-refractivity contribution >= 4 is 0 Å². The molecule has 0 aliphatic rings. The summed E-state index contributed by atoms with van der Waals surface area (Å²) < 4.78 is 35.7. The maximum absolute atomic E-state index is 11.9. The van der Waals surface area contributed by atoms with Crippen LogP contribution in [0.5, 0.6) is 0 Å². The lowest BCUT2D eigenvalue weighted by Crippen LogP contribution is -2.16. The molecule has 10 heavy (non-hydrogen) atoms. The Hall–Kier alpha value is -0.470. The number of alkyl halides is 3. The minimum absolute atomic E-state index is 0.440. The second kappa shape index (κ2) is 3.08. The summed E-state index contributed by atoms with van der Waals surface area (Å²) >= 11 is 0. The maximum atomic E-state index is 11.9. The van der Waals surface area contributed by atoms with Crippen molar-refractivity contribution in [1.29, 1.82) is 0 Å². The standard InChI is InChI=1S/C7H11F3/c1-4-6(5(2)3)7(8,9)10/h4-5H,1-3H3. The Morgan fingerprint density at radius 3 is 1.70 bits per heavy atom. The first-order chi connectivity index (χ1) is 4.39. The third-order valence-electron chi connectivity index (χ3n) is 1.26. The van der Waals surface area contributed by atoms with E-state index in [2.05, 4.69) is 0 Å². The number of hydrogen-bond donors (Lipinski definition) is 0. The molecule has 3 heteroatoms. The summed E-state index contributed by atoms with van der Waals surface area (Å²) in [6.45, 7) is 4.47. The zero-order chi connectivity index (χ0) is 8.36. The fourth-order valence-corrected chi connectivity index (χ4v) is 0.824. The molecular formula is C7H11F3. The van der Waals surface area contributed by atoms with E-state index in [-0.39, 0.29) is 0 Å². The second-order valence-corrected chi connectivity index (χ2v) is 2.40. The molecule has 0 aromatic rings. The van der Waals surface area contributed by atoms with Gasteiger partial charge in [-0.1, -0.05) is 19.9 Å². The molecule has 0 saturated carbocycles. The van der Waals surface area contributed by atoms with Crippen LogP contribution in [0.3, 0.4) is 0 Å².